The van der Waals surface area contributed by atoms with Crippen molar-refractivity contribution in [3.05, 3.63) is 101 Å². The van der Waals surface area contributed by atoms with Crippen molar-refractivity contribution < 1.29 is 23.1 Å². The summed E-state index contributed by atoms with van der Waals surface area (Å²) in [6, 6.07) is 18.8. The Morgan fingerprint density at radius 1 is 0.933 bits per heavy atom. The fourth-order valence-electron chi connectivity index (χ4n) is 6.88. The standard InChI is InChI=1S/C33H35F2N7O3/c1-45-29-10-8-25(42-22-37-38-39-42)20-26(29)30(43)41-18-12-32(21-41,24-7-9-27(34)28(35)19-24)11-15-40-16-13-33(14-17-40,31(36)44)23-5-3-2-4-6-23/h2-10,19-20,22H,11-18,21H2,1H3,(H2,36,44). The number of primary amides is 1. The lowest BCUT2D eigenvalue weighted by molar-refractivity contribution is -0.125. The number of amides is 2. The van der Waals surface area contributed by atoms with Gasteiger partial charge in [0.1, 0.15) is 12.1 Å². The van der Waals surface area contributed by atoms with Gasteiger partial charge in [0, 0.05) is 18.5 Å². The molecule has 2 aliphatic rings. The molecule has 2 saturated heterocycles. The molecule has 1 unspecified atom stereocenters. The van der Waals surface area contributed by atoms with Gasteiger partial charge in [0.2, 0.25) is 5.91 Å². The summed E-state index contributed by atoms with van der Waals surface area (Å²) in [7, 11) is 1.50. The number of methoxy groups -OCH3 is 1. The minimum atomic E-state index is -0.917. The van der Waals surface area contributed by atoms with Crippen LogP contribution in [0.5, 0.6) is 5.75 Å². The third-order valence-corrected chi connectivity index (χ3v) is 9.61. The normalized spacial score (nSPS) is 19.8. The van der Waals surface area contributed by atoms with E-state index in [0.29, 0.717) is 81.0 Å². The molecular formula is C33H35F2N7O3. The first kappa shape index (κ1) is 30.3. The zero-order valence-corrected chi connectivity index (χ0v) is 25.0. The average Bonchev–Trinajstić information content (AvgIpc) is 3.77. The second-order valence-corrected chi connectivity index (χ2v) is 11.9. The van der Waals surface area contributed by atoms with Crippen LogP contribution in [0.4, 0.5) is 8.78 Å². The minimum absolute atomic E-state index is 0.238. The number of benzene rings is 3. The lowest BCUT2D eigenvalue weighted by Crippen LogP contribution is -2.50. The fourth-order valence-corrected chi connectivity index (χ4v) is 6.88. The van der Waals surface area contributed by atoms with Gasteiger partial charge >= 0.3 is 0 Å². The van der Waals surface area contributed by atoms with Crippen molar-refractivity contribution in [2.24, 2.45) is 5.73 Å². The Morgan fingerprint density at radius 3 is 2.38 bits per heavy atom. The van der Waals surface area contributed by atoms with Crippen LogP contribution in [0.3, 0.4) is 0 Å². The molecule has 12 heteroatoms. The topological polar surface area (TPSA) is 119 Å². The monoisotopic (exact) mass is 615 g/mol. The molecule has 0 radical (unpaired) electrons. The number of tetrazole rings is 1. The summed E-state index contributed by atoms with van der Waals surface area (Å²) in [5, 5.41) is 11.3. The van der Waals surface area contributed by atoms with Gasteiger partial charge in [-0.15, -0.1) is 5.10 Å². The van der Waals surface area contributed by atoms with E-state index in [-0.39, 0.29) is 11.8 Å². The number of rotatable bonds is 9. The Morgan fingerprint density at radius 2 is 1.71 bits per heavy atom. The third kappa shape index (κ3) is 5.77. The highest BCUT2D eigenvalue weighted by Crippen LogP contribution is 2.41. The predicted molar refractivity (Wildman–Crippen MR) is 162 cm³/mol. The van der Waals surface area contributed by atoms with Crippen LogP contribution >= 0.6 is 0 Å². The Balaban J connectivity index is 1.23. The molecule has 0 spiro atoms. The van der Waals surface area contributed by atoms with E-state index in [1.165, 1.54) is 24.2 Å². The van der Waals surface area contributed by atoms with E-state index in [1.807, 2.05) is 30.3 Å². The lowest BCUT2D eigenvalue weighted by atomic mass is 9.71. The molecule has 2 aliphatic heterocycles. The van der Waals surface area contributed by atoms with Crippen molar-refractivity contribution in [3.8, 4) is 11.4 Å². The van der Waals surface area contributed by atoms with Crippen molar-refractivity contribution >= 4 is 11.8 Å². The van der Waals surface area contributed by atoms with Gasteiger partial charge in [0.25, 0.3) is 5.91 Å². The first-order valence-corrected chi connectivity index (χ1v) is 15.0. The van der Waals surface area contributed by atoms with Gasteiger partial charge in [-0.1, -0.05) is 36.4 Å². The summed E-state index contributed by atoms with van der Waals surface area (Å²) in [6.07, 6.45) is 3.80. The van der Waals surface area contributed by atoms with Gasteiger partial charge in [-0.05, 0) is 97.2 Å². The number of carbonyl (C=O) groups is 2. The Hall–Kier alpha value is -4.71. The number of likely N-dealkylation sites (tertiary alicyclic amines) is 2. The van der Waals surface area contributed by atoms with Crippen molar-refractivity contribution in [1.29, 1.82) is 0 Å². The molecule has 3 heterocycles. The Bertz CT molecular complexity index is 1680. The molecule has 2 N–H and O–H groups in total. The summed E-state index contributed by atoms with van der Waals surface area (Å²) < 4.78 is 35.6. The number of nitrogens with two attached hydrogens (primary N) is 1. The molecule has 6 rings (SSSR count). The van der Waals surface area contributed by atoms with E-state index in [9.17, 15) is 18.4 Å². The quantitative estimate of drug-likeness (QED) is 0.305. The van der Waals surface area contributed by atoms with E-state index >= 15 is 0 Å². The number of aromatic nitrogens is 4. The Labute approximate surface area is 259 Å². The number of halogens is 2. The molecule has 0 aliphatic carbocycles. The zero-order chi connectivity index (χ0) is 31.6. The fraction of sp³-hybridized carbons (Fsp3) is 0.364. The maximum Gasteiger partial charge on any atom is 0.257 e. The van der Waals surface area contributed by atoms with Gasteiger partial charge in [0.05, 0.1) is 23.8 Å². The van der Waals surface area contributed by atoms with Crippen LogP contribution in [0, 0.1) is 11.6 Å². The number of ether oxygens (including phenoxy) is 1. The van der Waals surface area contributed by atoms with Gasteiger partial charge in [-0.25, -0.2) is 13.5 Å². The van der Waals surface area contributed by atoms with Crippen LogP contribution in [-0.2, 0) is 15.6 Å². The molecule has 0 bridgehead atoms. The van der Waals surface area contributed by atoms with Crippen LogP contribution < -0.4 is 10.5 Å². The number of hydrogen-bond acceptors (Lipinski definition) is 7. The Kier molecular flexibility index (Phi) is 8.32. The molecule has 234 valence electrons. The smallest absolute Gasteiger partial charge is 0.257 e. The number of hydrogen-bond donors (Lipinski definition) is 1. The summed E-state index contributed by atoms with van der Waals surface area (Å²) >= 11 is 0. The molecule has 4 aromatic rings. The first-order chi connectivity index (χ1) is 21.7. The van der Waals surface area contributed by atoms with Crippen molar-refractivity contribution in [3.63, 3.8) is 0 Å². The van der Waals surface area contributed by atoms with Gasteiger partial charge in [0.15, 0.2) is 11.6 Å². The maximum absolute atomic E-state index is 14.6. The molecule has 1 aromatic heterocycles. The van der Waals surface area contributed by atoms with Crippen molar-refractivity contribution in [2.45, 2.75) is 36.5 Å². The highest BCUT2D eigenvalue weighted by Gasteiger charge is 2.44. The van der Waals surface area contributed by atoms with E-state index in [0.717, 1.165) is 11.6 Å². The third-order valence-electron chi connectivity index (χ3n) is 9.61. The molecule has 2 fully saturated rings. The molecule has 0 saturated carbocycles. The van der Waals surface area contributed by atoms with Crippen LogP contribution in [0.25, 0.3) is 5.69 Å². The highest BCUT2D eigenvalue weighted by atomic mass is 19.2. The first-order valence-electron chi connectivity index (χ1n) is 15.0. The summed E-state index contributed by atoms with van der Waals surface area (Å²) in [4.78, 5) is 30.7. The molecule has 1 atom stereocenters. The van der Waals surface area contributed by atoms with Crippen LogP contribution in [-0.4, -0.2) is 81.7 Å². The average molecular weight is 616 g/mol. The lowest BCUT2D eigenvalue weighted by Gasteiger charge is -2.41. The number of nitrogens with zero attached hydrogens (tertiary/aromatic N) is 6. The van der Waals surface area contributed by atoms with Crippen molar-refractivity contribution in [1.82, 2.24) is 30.0 Å². The zero-order valence-electron chi connectivity index (χ0n) is 25.0. The predicted octanol–water partition coefficient (Wildman–Crippen LogP) is 3.64. The van der Waals surface area contributed by atoms with Gasteiger partial charge in [-0.3, -0.25) is 9.59 Å². The largest absolute Gasteiger partial charge is 0.496 e. The molecule has 10 nitrogen and oxygen atoms in total. The number of piperidine rings is 1. The second kappa shape index (κ2) is 12.4. The van der Waals surface area contributed by atoms with E-state index in [1.54, 1.807) is 29.2 Å². The second-order valence-electron chi connectivity index (χ2n) is 11.9. The van der Waals surface area contributed by atoms with Crippen LogP contribution in [0.1, 0.15) is 47.2 Å². The van der Waals surface area contributed by atoms with E-state index < -0.39 is 22.5 Å². The van der Waals surface area contributed by atoms with Crippen LogP contribution in [0.2, 0.25) is 0 Å². The molecular weight excluding hydrogens is 580 g/mol. The number of carbonyl (C=O) groups excluding carboxylic acids is 2. The van der Waals surface area contributed by atoms with E-state index in [2.05, 4.69) is 20.4 Å². The van der Waals surface area contributed by atoms with Crippen LogP contribution in [0.15, 0.2) is 73.1 Å². The highest BCUT2D eigenvalue weighted by molar-refractivity contribution is 5.98. The van der Waals surface area contributed by atoms with E-state index in [4.69, 9.17) is 10.5 Å². The van der Waals surface area contributed by atoms with Gasteiger partial charge in [-0.2, -0.15) is 0 Å². The summed E-state index contributed by atoms with van der Waals surface area (Å²) in [5.74, 6) is -1.98. The molecule has 3 aromatic carbocycles. The minimum Gasteiger partial charge on any atom is -0.496 e. The summed E-state index contributed by atoms with van der Waals surface area (Å²) in [5.41, 5.74) is 7.15. The van der Waals surface area contributed by atoms with Crippen molar-refractivity contribution in [2.75, 3.05) is 39.8 Å². The molecule has 45 heavy (non-hydrogen) atoms. The summed E-state index contributed by atoms with van der Waals surface area (Å²) in [6.45, 7) is 2.72. The SMILES string of the molecule is COc1ccc(-n2cnnn2)cc1C(=O)N1CCC(CCN2CCC(C(N)=O)(c3ccccc3)CC2)(c2ccc(F)c(F)c2)C1. The van der Waals surface area contributed by atoms with Gasteiger partial charge < -0.3 is 20.3 Å². The maximum atomic E-state index is 14.6. The molecule has 2 amide bonds.